The van der Waals surface area contributed by atoms with E-state index in [1.165, 1.54) is 7.11 Å². The van der Waals surface area contributed by atoms with E-state index in [1.54, 1.807) is 23.1 Å². The van der Waals surface area contributed by atoms with Crippen LogP contribution in [0.1, 0.15) is 18.9 Å². The highest BCUT2D eigenvalue weighted by atomic mass is 19.1. The maximum atomic E-state index is 13.9. The molecule has 0 aliphatic carbocycles. The third-order valence-electron chi connectivity index (χ3n) is 2.56. The van der Waals surface area contributed by atoms with E-state index in [2.05, 4.69) is 0 Å². The maximum absolute atomic E-state index is 13.9. The van der Waals surface area contributed by atoms with Gasteiger partial charge in [0, 0.05) is 12.1 Å². The minimum absolute atomic E-state index is 0.0928. The van der Waals surface area contributed by atoms with E-state index >= 15 is 0 Å². The summed E-state index contributed by atoms with van der Waals surface area (Å²) in [6, 6.07) is 4.88. The molecule has 0 heterocycles. The molecule has 0 spiro atoms. The van der Waals surface area contributed by atoms with Crippen LogP contribution < -0.4 is 4.74 Å². The predicted molar refractivity (Wildman–Crippen MR) is 66.2 cm³/mol. The van der Waals surface area contributed by atoms with E-state index in [-0.39, 0.29) is 18.8 Å². The topological polar surface area (TPSA) is 49.8 Å². The molecule has 0 saturated heterocycles. The number of nitrogens with zero attached hydrogens (tertiary/aromatic N) is 1. The van der Waals surface area contributed by atoms with Crippen molar-refractivity contribution in [1.82, 2.24) is 4.90 Å². The lowest BCUT2D eigenvalue weighted by molar-refractivity contribution is -0.138. The second-order valence-electron chi connectivity index (χ2n) is 4.04. The molecule has 0 aliphatic rings. The van der Waals surface area contributed by atoms with E-state index < -0.39 is 11.8 Å². The fourth-order valence-corrected chi connectivity index (χ4v) is 1.80. The highest BCUT2D eigenvalue weighted by Crippen LogP contribution is 2.21. The minimum Gasteiger partial charge on any atom is -0.494 e. The summed E-state index contributed by atoms with van der Waals surface area (Å²) >= 11 is 0. The van der Waals surface area contributed by atoms with Crippen molar-refractivity contribution in [3.8, 4) is 5.75 Å². The van der Waals surface area contributed by atoms with E-state index in [0.717, 1.165) is 6.42 Å². The van der Waals surface area contributed by atoms with Crippen LogP contribution in [0.3, 0.4) is 0 Å². The van der Waals surface area contributed by atoms with Gasteiger partial charge >= 0.3 is 5.97 Å². The summed E-state index contributed by atoms with van der Waals surface area (Å²) in [6.45, 7) is 2.74. The number of methoxy groups -OCH3 is 1. The first-order valence-corrected chi connectivity index (χ1v) is 5.84. The second-order valence-corrected chi connectivity index (χ2v) is 4.04. The normalized spacial score (nSPS) is 10.7. The summed E-state index contributed by atoms with van der Waals surface area (Å²) in [4.78, 5) is 12.4. The Kier molecular flexibility index (Phi) is 5.58. The molecular weight excluding hydrogens is 237 g/mol. The Morgan fingerprint density at radius 1 is 1.50 bits per heavy atom. The highest BCUT2D eigenvalue weighted by molar-refractivity contribution is 5.69. The molecule has 0 unspecified atom stereocenters. The molecule has 100 valence electrons. The van der Waals surface area contributed by atoms with Gasteiger partial charge in [-0.05, 0) is 19.0 Å². The monoisotopic (exact) mass is 255 g/mol. The Morgan fingerprint density at radius 3 is 2.78 bits per heavy atom. The predicted octanol–water partition coefficient (Wildman–Crippen LogP) is 2.13. The maximum Gasteiger partial charge on any atom is 0.317 e. The van der Waals surface area contributed by atoms with Crippen molar-refractivity contribution in [3.63, 3.8) is 0 Å². The zero-order valence-corrected chi connectivity index (χ0v) is 10.6. The molecule has 0 saturated carbocycles. The Bertz CT molecular complexity index is 409. The number of benzene rings is 1. The first kappa shape index (κ1) is 14.4. The quantitative estimate of drug-likeness (QED) is 0.811. The molecule has 0 fully saturated rings. The zero-order chi connectivity index (χ0) is 13.5. The van der Waals surface area contributed by atoms with Crippen molar-refractivity contribution < 1.29 is 19.0 Å². The molecule has 0 atom stereocenters. The van der Waals surface area contributed by atoms with Gasteiger partial charge in [0.25, 0.3) is 0 Å². The van der Waals surface area contributed by atoms with Crippen LogP contribution in [-0.2, 0) is 11.3 Å². The number of rotatable bonds is 7. The zero-order valence-electron chi connectivity index (χ0n) is 10.6. The lowest BCUT2D eigenvalue weighted by atomic mass is 10.2. The molecule has 0 amide bonds. The number of hydrogen-bond donors (Lipinski definition) is 1. The van der Waals surface area contributed by atoms with Crippen LogP contribution in [0.5, 0.6) is 5.75 Å². The molecular formula is C13H18FNO3. The number of ether oxygens (including phenoxy) is 1. The van der Waals surface area contributed by atoms with Gasteiger partial charge in [0.2, 0.25) is 0 Å². The Labute approximate surface area is 106 Å². The first-order valence-electron chi connectivity index (χ1n) is 5.84. The van der Waals surface area contributed by atoms with Crippen LogP contribution >= 0.6 is 0 Å². The first-order chi connectivity index (χ1) is 8.58. The van der Waals surface area contributed by atoms with Gasteiger partial charge in [-0.15, -0.1) is 0 Å². The lowest BCUT2D eigenvalue weighted by Gasteiger charge is -2.20. The van der Waals surface area contributed by atoms with Gasteiger partial charge in [0.1, 0.15) is 0 Å². The van der Waals surface area contributed by atoms with Crippen molar-refractivity contribution in [2.24, 2.45) is 0 Å². The van der Waals surface area contributed by atoms with Gasteiger partial charge < -0.3 is 9.84 Å². The SMILES string of the molecule is CCCN(CC(=O)O)Cc1cccc(OC)c1F. The number of carboxylic acid groups (broad SMARTS) is 1. The minimum atomic E-state index is -0.910. The summed E-state index contributed by atoms with van der Waals surface area (Å²) in [5, 5.41) is 8.80. The van der Waals surface area contributed by atoms with Crippen LogP contribution in [0.2, 0.25) is 0 Å². The molecule has 0 bridgehead atoms. The summed E-state index contributed by atoms with van der Waals surface area (Å²) < 4.78 is 18.8. The molecule has 1 aromatic carbocycles. The van der Waals surface area contributed by atoms with Gasteiger partial charge in [-0.2, -0.15) is 0 Å². The van der Waals surface area contributed by atoms with Crippen LogP contribution in [0, 0.1) is 5.82 Å². The molecule has 4 nitrogen and oxygen atoms in total. The number of carbonyl (C=O) groups is 1. The molecule has 1 rings (SSSR count). The number of halogens is 1. The van der Waals surface area contributed by atoms with Gasteiger partial charge in [0.05, 0.1) is 13.7 Å². The largest absolute Gasteiger partial charge is 0.494 e. The molecule has 0 aliphatic heterocycles. The number of hydrogen-bond acceptors (Lipinski definition) is 3. The lowest BCUT2D eigenvalue weighted by Crippen LogP contribution is -2.30. The fraction of sp³-hybridized carbons (Fsp3) is 0.462. The summed E-state index contributed by atoms with van der Waals surface area (Å²) in [5.41, 5.74) is 0.448. The van der Waals surface area contributed by atoms with E-state index in [0.29, 0.717) is 12.1 Å². The summed E-state index contributed by atoms with van der Waals surface area (Å²) in [7, 11) is 1.41. The summed E-state index contributed by atoms with van der Waals surface area (Å²) in [5.74, 6) is -1.16. The molecule has 0 radical (unpaired) electrons. The third-order valence-corrected chi connectivity index (χ3v) is 2.56. The average Bonchev–Trinajstić information content (AvgIpc) is 2.31. The van der Waals surface area contributed by atoms with Crippen molar-refractivity contribution in [3.05, 3.63) is 29.6 Å². The Hall–Kier alpha value is -1.62. The van der Waals surface area contributed by atoms with Crippen LogP contribution in [0.4, 0.5) is 4.39 Å². The average molecular weight is 255 g/mol. The van der Waals surface area contributed by atoms with Gasteiger partial charge in [-0.1, -0.05) is 19.1 Å². The van der Waals surface area contributed by atoms with Crippen LogP contribution in [0.15, 0.2) is 18.2 Å². The van der Waals surface area contributed by atoms with Gasteiger partial charge in [-0.3, -0.25) is 9.69 Å². The fourth-order valence-electron chi connectivity index (χ4n) is 1.80. The number of aliphatic carboxylic acids is 1. The molecule has 5 heteroatoms. The third kappa shape index (κ3) is 4.00. The van der Waals surface area contributed by atoms with Crippen molar-refractivity contribution in [1.29, 1.82) is 0 Å². The smallest absolute Gasteiger partial charge is 0.317 e. The Morgan fingerprint density at radius 2 is 2.22 bits per heavy atom. The van der Waals surface area contributed by atoms with Crippen molar-refractivity contribution in [2.75, 3.05) is 20.2 Å². The highest BCUT2D eigenvalue weighted by Gasteiger charge is 2.14. The van der Waals surface area contributed by atoms with Crippen LogP contribution in [0.25, 0.3) is 0 Å². The van der Waals surface area contributed by atoms with E-state index in [1.807, 2.05) is 6.92 Å². The van der Waals surface area contributed by atoms with E-state index in [4.69, 9.17) is 9.84 Å². The van der Waals surface area contributed by atoms with Gasteiger partial charge in [-0.25, -0.2) is 4.39 Å². The molecule has 0 aromatic heterocycles. The van der Waals surface area contributed by atoms with Crippen LogP contribution in [-0.4, -0.2) is 36.2 Å². The summed E-state index contributed by atoms with van der Waals surface area (Å²) in [6.07, 6.45) is 0.818. The Balaban J connectivity index is 2.82. The second kappa shape index (κ2) is 6.96. The van der Waals surface area contributed by atoms with Crippen molar-refractivity contribution >= 4 is 5.97 Å². The van der Waals surface area contributed by atoms with E-state index in [9.17, 15) is 9.18 Å². The molecule has 1 N–H and O–H groups in total. The standard InChI is InChI=1S/C13H18FNO3/c1-3-7-15(9-12(16)17)8-10-5-4-6-11(18-2)13(10)14/h4-6H,3,7-9H2,1-2H3,(H,16,17). The molecule has 18 heavy (non-hydrogen) atoms. The van der Waals surface area contributed by atoms with Gasteiger partial charge in [0.15, 0.2) is 11.6 Å². The number of carboxylic acids is 1. The van der Waals surface area contributed by atoms with Crippen molar-refractivity contribution in [2.45, 2.75) is 19.9 Å². The molecule has 1 aromatic rings.